The molecule has 6 N–H and O–H groups in total. The zero-order valence-corrected chi connectivity index (χ0v) is 22.6. The maximum atomic E-state index is 13.7. The third-order valence-corrected chi connectivity index (χ3v) is 6.90. The molecule has 0 radical (unpaired) electrons. The number of rotatable bonds is 14. The number of hydrogen-bond donors (Lipinski definition) is 5. The Labute approximate surface area is 233 Å². The molecule has 1 aromatic heterocycles. The fraction of sp³-hybridized carbons (Fsp3) is 0.333. The number of aromatic amines is 1. The summed E-state index contributed by atoms with van der Waals surface area (Å²) in [6, 6.07) is 11.3. The Morgan fingerprint density at radius 2 is 1.60 bits per heavy atom. The van der Waals surface area contributed by atoms with Gasteiger partial charge in [0.2, 0.25) is 17.7 Å². The van der Waals surface area contributed by atoms with Gasteiger partial charge in [-0.3, -0.25) is 19.2 Å². The van der Waals surface area contributed by atoms with Crippen LogP contribution in [0.2, 0.25) is 0 Å². The van der Waals surface area contributed by atoms with Crippen LogP contribution in [0.25, 0.3) is 10.9 Å². The van der Waals surface area contributed by atoms with Gasteiger partial charge >= 0.3 is 11.7 Å². The van der Waals surface area contributed by atoms with Crippen molar-refractivity contribution < 1.29 is 24.3 Å². The van der Waals surface area contributed by atoms with Gasteiger partial charge in [0.25, 0.3) is 5.56 Å². The minimum Gasteiger partial charge on any atom is -0.480 e. The fourth-order valence-corrected chi connectivity index (χ4v) is 4.66. The summed E-state index contributed by atoms with van der Waals surface area (Å²) in [4.78, 5) is 78.7. The van der Waals surface area contributed by atoms with Gasteiger partial charge in [-0.05, 0) is 42.5 Å². The topological polar surface area (TPSA) is 193 Å². The van der Waals surface area contributed by atoms with E-state index in [2.05, 4.69) is 15.6 Å². The summed E-state index contributed by atoms with van der Waals surface area (Å²) in [6.07, 6.45) is 1.43. The highest BCUT2D eigenvalue weighted by Gasteiger charge is 2.31. The Bertz CT molecular complexity index is 1490. The van der Waals surface area contributed by atoms with Crippen molar-refractivity contribution >= 4 is 46.4 Å². The lowest BCUT2D eigenvalue weighted by molar-refractivity contribution is -0.142. The van der Waals surface area contributed by atoms with Gasteiger partial charge < -0.3 is 26.5 Å². The van der Waals surface area contributed by atoms with E-state index in [0.717, 1.165) is 4.57 Å². The Morgan fingerprint density at radius 3 is 2.25 bits per heavy atom. The van der Waals surface area contributed by atoms with E-state index in [4.69, 9.17) is 5.73 Å². The maximum Gasteiger partial charge on any atom is 0.329 e. The van der Waals surface area contributed by atoms with Crippen molar-refractivity contribution in [3.05, 3.63) is 81.0 Å². The van der Waals surface area contributed by atoms with Crippen molar-refractivity contribution in [3.63, 3.8) is 0 Å². The van der Waals surface area contributed by atoms with Gasteiger partial charge in [-0.15, -0.1) is 0 Å². The van der Waals surface area contributed by atoms with Crippen LogP contribution in [0, 0.1) is 0 Å². The first-order valence-corrected chi connectivity index (χ1v) is 13.9. The molecule has 0 aliphatic carbocycles. The van der Waals surface area contributed by atoms with Crippen LogP contribution in [0.4, 0.5) is 0 Å². The second-order valence-corrected chi connectivity index (χ2v) is 10.1. The summed E-state index contributed by atoms with van der Waals surface area (Å²) >= 11 is 1.41. The molecule has 0 bridgehead atoms. The van der Waals surface area contributed by atoms with E-state index in [-0.39, 0.29) is 31.1 Å². The van der Waals surface area contributed by atoms with Crippen LogP contribution < -0.4 is 27.6 Å². The van der Waals surface area contributed by atoms with Crippen LogP contribution in [-0.4, -0.2) is 62.4 Å². The van der Waals surface area contributed by atoms with Crippen molar-refractivity contribution in [2.45, 2.75) is 43.8 Å². The van der Waals surface area contributed by atoms with Gasteiger partial charge in [-0.25, -0.2) is 14.2 Å². The highest BCUT2D eigenvalue weighted by molar-refractivity contribution is 7.98. The average molecular weight is 570 g/mol. The molecular formula is C27H31N5O7S. The summed E-state index contributed by atoms with van der Waals surface area (Å²) in [5, 5.41) is 14.7. The van der Waals surface area contributed by atoms with E-state index in [1.165, 1.54) is 17.8 Å². The van der Waals surface area contributed by atoms with Crippen LogP contribution >= 0.6 is 11.8 Å². The highest BCUT2D eigenvalue weighted by Crippen LogP contribution is 2.15. The van der Waals surface area contributed by atoms with Gasteiger partial charge in [-0.1, -0.05) is 42.5 Å². The molecule has 3 unspecified atom stereocenters. The first-order chi connectivity index (χ1) is 19.1. The molecular weight excluding hydrogens is 538 g/mol. The molecule has 40 heavy (non-hydrogen) atoms. The molecule has 1 heterocycles. The van der Waals surface area contributed by atoms with E-state index in [1.54, 1.807) is 54.8 Å². The smallest absolute Gasteiger partial charge is 0.329 e. The summed E-state index contributed by atoms with van der Waals surface area (Å²) in [5.74, 6) is -3.19. The van der Waals surface area contributed by atoms with Crippen molar-refractivity contribution in [3.8, 4) is 0 Å². The van der Waals surface area contributed by atoms with Gasteiger partial charge in [0.1, 0.15) is 18.1 Å². The number of primary amides is 1. The molecule has 0 aliphatic rings. The molecule has 0 saturated carbocycles. The summed E-state index contributed by atoms with van der Waals surface area (Å²) in [7, 11) is 0. The largest absolute Gasteiger partial charge is 0.480 e. The molecule has 13 heteroatoms. The molecule has 0 fully saturated rings. The van der Waals surface area contributed by atoms with Crippen LogP contribution in [0.5, 0.6) is 0 Å². The molecule has 212 valence electrons. The number of hydrogen-bond acceptors (Lipinski definition) is 7. The normalized spacial score (nSPS) is 13.2. The maximum absolute atomic E-state index is 13.7. The lowest BCUT2D eigenvalue weighted by Gasteiger charge is -2.24. The molecule has 3 rings (SSSR count). The summed E-state index contributed by atoms with van der Waals surface area (Å²) < 4.78 is 0.834. The van der Waals surface area contributed by atoms with Crippen molar-refractivity contribution in [2.75, 3.05) is 12.0 Å². The van der Waals surface area contributed by atoms with Crippen LogP contribution in [0.15, 0.2) is 64.2 Å². The van der Waals surface area contributed by atoms with E-state index < -0.39 is 53.1 Å². The number of nitrogens with two attached hydrogens (primary N) is 1. The van der Waals surface area contributed by atoms with Crippen LogP contribution in [0.1, 0.15) is 30.9 Å². The SMILES string of the molecule is CSCCC(NC(=O)C(Cc1ccccc1)n1c(=O)[nH]c2ccccc2c1=O)C(=O)NC(CCC(N)=O)C(=O)O. The molecule has 2 aromatic carbocycles. The number of carbonyl (C=O) groups is 4. The zero-order chi connectivity index (χ0) is 29.2. The van der Waals surface area contributed by atoms with Crippen molar-refractivity contribution in [1.29, 1.82) is 0 Å². The van der Waals surface area contributed by atoms with Crippen LogP contribution in [0.3, 0.4) is 0 Å². The summed E-state index contributed by atoms with van der Waals surface area (Å²) in [5.41, 5.74) is 4.65. The number of aromatic nitrogens is 2. The first-order valence-electron chi connectivity index (χ1n) is 12.5. The number of nitrogens with one attached hydrogen (secondary N) is 3. The second-order valence-electron chi connectivity index (χ2n) is 9.10. The molecule has 3 atom stereocenters. The third kappa shape index (κ3) is 7.82. The number of benzene rings is 2. The molecule has 3 aromatic rings. The van der Waals surface area contributed by atoms with Crippen molar-refractivity contribution in [2.24, 2.45) is 5.73 Å². The molecule has 0 saturated heterocycles. The van der Waals surface area contributed by atoms with E-state index in [1.807, 2.05) is 0 Å². The minimum atomic E-state index is -1.40. The van der Waals surface area contributed by atoms with Crippen molar-refractivity contribution in [1.82, 2.24) is 20.2 Å². The predicted molar refractivity (Wildman–Crippen MR) is 151 cm³/mol. The molecule has 3 amide bonds. The third-order valence-electron chi connectivity index (χ3n) is 6.26. The van der Waals surface area contributed by atoms with Crippen LogP contribution in [-0.2, 0) is 25.6 Å². The quantitative estimate of drug-likeness (QED) is 0.186. The Balaban J connectivity index is 1.97. The molecule has 12 nitrogen and oxygen atoms in total. The lowest BCUT2D eigenvalue weighted by Crippen LogP contribution is -2.54. The van der Waals surface area contributed by atoms with E-state index in [9.17, 15) is 33.9 Å². The van der Waals surface area contributed by atoms with Gasteiger partial charge in [0.05, 0.1) is 10.9 Å². The monoisotopic (exact) mass is 569 g/mol. The lowest BCUT2D eigenvalue weighted by atomic mass is 10.0. The number of nitrogens with zero attached hydrogens (tertiary/aromatic N) is 1. The van der Waals surface area contributed by atoms with Gasteiger partial charge in [-0.2, -0.15) is 11.8 Å². The number of H-pyrrole nitrogens is 1. The number of carboxylic acid groups (broad SMARTS) is 1. The average Bonchev–Trinajstić information content (AvgIpc) is 2.92. The summed E-state index contributed by atoms with van der Waals surface area (Å²) in [6.45, 7) is 0. The number of para-hydroxylation sites is 1. The Hall–Kier alpha value is -4.39. The number of carboxylic acids is 1. The number of aliphatic carboxylic acids is 1. The zero-order valence-electron chi connectivity index (χ0n) is 21.8. The molecule has 0 spiro atoms. The number of amides is 3. The Kier molecular flexibility index (Phi) is 10.6. The second kappa shape index (κ2) is 14.1. The fourth-order valence-electron chi connectivity index (χ4n) is 4.19. The number of carbonyl (C=O) groups excluding carboxylic acids is 3. The minimum absolute atomic E-state index is 0.0266. The number of fused-ring (bicyclic) bond motifs is 1. The Morgan fingerprint density at radius 1 is 0.950 bits per heavy atom. The van der Waals surface area contributed by atoms with Gasteiger partial charge in [0, 0.05) is 12.8 Å². The van der Waals surface area contributed by atoms with E-state index >= 15 is 0 Å². The highest BCUT2D eigenvalue weighted by atomic mass is 32.2. The van der Waals surface area contributed by atoms with E-state index in [0.29, 0.717) is 16.8 Å². The predicted octanol–water partition coefficient (Wildman–Crippen LogP) is 0.546. The van der Waals surface area contributed by atoms with Gasteiger partial charge in [0.15, 0.2) is 0 Å². The standard InChI is InChI=1S/C27H31N5O7S/c1-40-14-13-19(23(34)30-20(26(37)38)11-12-22(28)33)29-24(35)21(15-16-7-3-2-4-8-16)32-25(36)17-9-5-6-10-18(17)31-27(32)39/h2-10,19-21H,11-15H2,1H3,(H2,28,33)(H,29,35)(H,30,34)(H,31,39)(H,37,38). The number of thioether (sulfide) groups is 1. The first kappa shape index (κ1) is 30.2. The molecule has 0 aliphatic heterocycles.